The molecule has 9 heteroatoms. The molecule has 1 aromatic rings. The number of amides is 2. The number of halogens is 3. The lowest BCUT2D eigenvalue weighted by molar-refractivity contribution is -0.138. The number of nitrogens with two attached hydrogens (primary N) is 1. The summed E-state index contributed by atoms with van der Waals surface area (Å²) in [7, 11) is 0. The highest BCUT2D eigenvalue weighted by atomic mass is 35.5. The van der Waals surface area contributed by atoms with E-state index in [1.54, 1.807) is 37.8 Å². The Kier molecular flexibility index (Phi) is 9.52. The average Bonchev–Trinajstić information content (AvgIpc) is 2.52. The topological polar surface area (TPSA) is 78.7 Å². The van der Waals surface area contributed by atoms with Crippen LogP contribution in [0.15, 0.2) is 24.3 Å². The number of anilines is 1. The van der Waals surface area contributed by atoms with Crippen LogP contribution in [0, 0.1) is 5.82 Å². The minimum absolute atomic E-state index is 0. The molecule has 1 aliphatic heterocycles. The summed E-state index contributed by atoms with van der Waals surface area (Å²) in [6, 6.07) is 5.44. The summed E-state index contributed by atoms with van der Waals surface area (Å²) in [5.74, 6) is -0.671. The van der Waals surface area contributed by atoms with Gasteiger partial charge < -0.3 is 16.0 Å². The van der Waals surface area contributed by atoms with E-state index in [-0.39, 0.29) is 42.7 Å². The molecule has 1 aromatic carbocycles. The number of nitrogens with one attached hydrogen (secondary N) is 1. The number of rotatable bonds is 4. The molecule has 0 spiro atoms. The van der Waals surface area contributed by atoms with E-state index in [4.69, 9.17) is 5.73 Å². The van der Waals surface area contributed by atoms with Crippen LogP contribution in [0.1, 0.15) is 20.8 Å². The van der Waals surface area contributed by atoms with Crippen molar-refractivity contribution in [2.24, 2.45) is 5.73 Å². The van der Waals surface area contributed by atoms with Gasteiger partial charge in [-0.05, 0) is 39.0 Å². The molecule has 1 fully saturated rings. The summed E-state index contributed by atoms with van der Waals surface area (Å²) < 4.78 is 13.2. The third-order valence-corrected chi connectivity index (χ3v) is 4.17. The van der Waals surface area contributed by atoms with Gasteiger partial charge in [0.25, 0.3) is 0 Å². The van der Waals surface area contributed by atoms with Crippen LogP contribution in [0.2, 0.25) is 0 Å². The summed E-state index contributed by atoms with van der Waals surface area (Å²) in [6.45, 7) is 7.46. The van der Waals surface area contributed by atoms with Gasteiger partial charge in [-0.2, -0.15) is 0 Å². The molecular weight excluding hydrogens is 382 g/mol. The lowest BCUT2D eigenvalue weighted by Gasteiger charge is -2.39. The number of carbonyl (C=O) groups is 2. The third kappa shape index (κ3) is 6.39. The quantitative estimate of drug-likeness (QED) is 0.796. The van der Waals surface area contributed by atoms with Crippen molar-refractivity contribution in [2.45, 2.75) is 32.4 Å². The van der Waals surface area contributed by atoms with E-state index in [0.29, 0.717) is 31.9 Å². The third-order valence-electron chi connectivity index (χ3n) is 4.17. The molecule has 1 unspecified atom stereocenters. The van der Waals surface area contributed by atoms with Gasteiger partial charge in [0, 0.05) is 31.9 Å². The summed E-state index contributed by atoms with van der Waals surface area (Å²) in [4.78, 5) is 28.2. The molecule has 26 heavy (non-hydrogen) atoms. The van der Waals surface area contributed by atoms with Crippen molar-refractivity contribution in [2.75, 3.05) is 31.5 Å². The number of hydrogen-bond acceptors (Lipinski definition) is 4. The second kappa shape index (κ2) is 10.1. The molecule has 148 valence electrons. The van der Waals surface area contributed by atoms with Crippen molar-refractivity contribution >= 4 is 42.3 Å². The first kappa shape index (κ1) is 24.6. The van der Waals surface area contributed by atoms with Gasteiger partial charge in [-0.25, -0.2) is 4.39 Å². The zero-order chi connectivity index (χ0) is 17.9. The lowest BCUT2D eigenvalue weighted by atomic mass is 10.0. The molecular formula is C17H27Cl2FN4O2. The van der Waals surface area contributed by atoms with Crippen molar-refractivity contribution in [3.63, 3.8) is 0 Å². The zero-order valence-corrected chi connectivity index (χ0v) is 16.8. The fraction of sp³-hybridized carbons (Fsp3) is 0.529. The highest BCUT2D eigenvalue weighted by Gasteiger charge is 2.32. The maximum absolute atomic E-state index is 13.2. The maximum Gasteiger partial charge on any atom is 0.242 e. The number of benzene rings is 1. The van der Waals surface area contributed by atoms with E-state index in [2.05, 4.69) is 5.32 Å². The Morgan fingerprint density at radius 2 is 1.77 bits per heavy atom. The van der Waals surface area contributed by atoms with Crippen LogP contribution in [-0.4, -0.2) is 59.4 Å². The second-order valence-electron chi connectivity index (χ2n) is 6.73. The minimum atomic E-state index is -0.886. The van der Waals surface area contributed by atoms with E-state index in [1.165, 1.54) is 12.1 Å². The Hall–Kier alpha value is -1.41. The van der Waals surface area contributed by atoms with Crippen molar-refractivity contribution in [1.82, 2.24) is 9.80 Å². The van der Waals surface area contributed by atoms with Crippen molar-refractivity contribution < 1.29 is 14.0 Å². The van der Waals surface area contributed by atoms with Gasteiger partial charge >= 0.3 is 0 Å². The number of carbonyl (C=O) groups excluding carboxylic acids is 2. The first-order valence-electron chi connectivity index (χ1n) is 8.07. The van der Waals surface area contributed by atoms with Gasteiger partial charge in [0.2, 0.25) is 11.8 Å². The van der Waals surface area contributed by atoms with Crippen molar-refractivity contribution in [3.05, 3.63) is 30.1 Å². The molecule has 0 radical (unpaired) electrons. The SMILES string of the molecule is CC(C(=O)Nc1cccc(F)c1)N1CCN(C(=O)C(C)(C)N)CC1.Cl.Cl. The van der Waals surface area contributed by atoms with Gasteiger partial charge in [0.15, 0.2) is 0 Å². The predicted octanol–water partition coefficient (Wildman–Crippen LogP) is 1.88. The van der Waals surface area contributed by atoms with Gasteiger partial charge in [0.1, 0.15) is 5.82 Å². The van der Waals surface area contributed by atoms with Crippen molar-refractivity contribution in [1.29, 1.82) is 0 Å². The first-order valence-corrected chi connectivity index (χ1v) is 8.07. The normalized spacial score (nSPS) is 16.1. The standard InChI is InChI=1S/C17H25FN4O2.2ClH/c1-12(15(23)20-14-6-4-5-13(18)11-14)21-7-9-22(10-8-21)16(24)17(2,3)19;;/h4-6,11-12H,7-10,19H2,1-3H3,(H,20,23);2*1H. The maximum atomic E-state index is 13.2. The Balaban J connectivity index is 0.00000312. The molecule has 2 rings (SSSR count). The van der Waals surface area contributed by atoms with Crippen molar-refractivity contribution in [3.8, 4) is 0 Å². The summed E-state index contributed by atoms with van der Waals surface area (Å²) >= 11 is 0. The molecule has 1 saturated heterocycles. The zero-order valence-electron chi connectivity index (χ0n) is 15.2. The summed E-state index contributed by atoms with van der Waals surface area (Å²) in [5, 5.41) is 2.72. The van der Waals surface area contributed by atoms with Crippen LogP contribution in [0.3, 0.4) is 0 Å². The van der Waals surface area contributed by atoms with Gasteiger partial charge in [-0.3, -0.25) is 14.5 Å². The fourth-order valence-corrected chi connectivity index (χ4v) is 2.70. The van der Waals surface area contributed by atoms with E-state index in [1.807, 2.05) is 4.90 Å². The van der Waals surface area contributed by atoms with Crippen LogP contribution in [0.4, 0.5) is 10.1 Å². The Morgan fingerprint density at radius 1 is 1.19 bits per heavy atom. The van der Waals surface area contributed by atoms with Gasteiger partial charge in [0.05, 0.1) is 11.6 Å². The summed E-state index contributed by atoms with van der Waals surface area (Å²) in [5.41, 5.74) is 5.40. The molecule has 3 N–H and O–H groups in total. The largest absolute Gasteiger partial charge is 0.339 e. The van der Waals surface area contributed by atoms with Gasteiger partial charge in [-0.1, -0.05) is 6.07 Å². The van der Waals surface area contributed by atoms with Crippen LogP contribution >= 0.6 is 24.8 Å². The lowest BCUT2D eigenvalue weighted by Crippen LogP contribution is -2.59. The summed E-state index contributed by atoms with van der Waals surface area (Å²) in [6.07, 6.45) is 0. The monoisotopic (exact) mass is 408 g/mol. The highest BCUT2D eigenvalue weighted by Crippen LogP contribution is 2.14. The molecule has 6 nitrogen and oxygen atoms in total. The van der Waals surface area contributed by atoms with E-state index in [0.717, 1.165) is 0 Å². The highest BCUT2D eigenvalue weighted by molar-refractivity contribution is 5.94. The van der Waals surface area contributed by atoms with E-state index >= 15 is 0 Å². The van der Waals surface area contributed by atoms with Crippen LogP contribution in [0.5, 0.6) is 0 Å². The number of hydrogen-bond donors (Lipinski definition) is 2. The predicted molar refractivity (Wildman–Crippen MR) is 105 cm³/mol. The molecule has 1 atom stereocenters. The molecule has 1 heterocycles. The second-order valence-corrected chi connectivity index (χ2v) is 6.73. The Morgan fingerprint density at radius 3 is 2.27 bits per heavy atom. The average molecular weight is 409 g/mol. The van der Waals surface area contributed by atoms with Crippen LogP contribution in [-0.2, 0) is 9.59 Å². The van der Waals surface area contributed by atoms with Crippen LogP contribution < -0.4 is 11.1 Å². The Bertz CT molecular complexity index is 617. The molecule has 1 aliphatic rings. The Labute approximate surface area is 166 Å². The first-order chi connectivity index (χ1) is 11.2. The molecule has 0 aromatic heterocycles. The van der Waals surface area contributed by atoms with Gasteiger partial charge in [-0.15, -0.1) is 24.8 Å². The van der Waals surface area contributed by atoms with Crippen LogP contribution in [0.25, 0.3) is 0 Å². The smallest absolute Gasteiger partial charge is 0.242 e. The number of nitrogens with zero attached hydrogens (tertiary/aromatic N) is 2. The molecule has 0 saturated carbocycles. The number of piperazine rings is 1. The molecule has 2 amide bonds. The molecule has 0 aliphatic carbocycles. The minimum Gasteiger partial charge on any atom is -0.339 e. The fourth-order valence-electron chi connectivity index (χ4n) is 2.70. The van der Waals surface area contributed by atoms with E-state index in [9.17, 15) is 14.0 Å². The molecule has 0 bridgehead atoms. The van der Waals surface area contributed by atoms with E-state index < -0.39 is 11.4 Å².